The van der Waals surface area contributed by atoms with Gasteiger partial charge in [-0.15, -0.1) is 0 Å². The summed E-state index contributed by atoms with van der Waals surface area (Å²) in [6.07, 6.45) is 3.50. The van der Waals surface area contributed by atoms with Gasteiger partial charge in [0.05, 0.1) is 24.1 Å². The third-order valence-electron chi connectivity index (χ3n) is 3.57. The lowest BCUT2D eigenvalue weighted by Crippen LogP contribution is -2.03. The number of hydrogen-bond donors (Lipinski definition) is 0. The van der Waals surface area contributed by atoms with Crippen molar-refractivity contribution in [2.24, 2.45) is 0 Å². The average molecular weight is 327 g/mol. The van der Waals surface area contributed by atoms with Crippen molar-refractivity contribution in [2.45, 2.75) is 18.9 Å². The number of carbonyl (C=O) groups is 1. The summed E-state index contributed by atoms with van der Waals surface area (Å²) in [5.41, 5.74) is 5.30. The second-order valence-corrected chi connectivity index (χ2v) is 6.24. The molecular weight excluding hydrogens is 310 g/mol. The Labute approximate surface area is 138 Å². The number of fused-ring (bicyclic) bond motifs is 1. The van der Waals surface area contributed by atoms with Gasteiger partial charge in [0.2, 0.25) is 0 Å². The monoisotopic (exact) mass is 327 g/mol. The molecule has 5 nitrogen and oxygen atoms in total. The molecule has 2 heterocycles. The highest BCUT2D eigenvalue weighted by Crippen LogP contribution is 2.28. The van der Waals surface area contributed by atoms with Crippen LogP contribution in [0.25, 0.3) is 16.8 Å². The normalized spacial score (nSPS) is 10.9. The van der Waals surface area contributed by atoms with E-state index in [2.05, 4.69) is 46.9 Å². The summed E-state index contributed by atoms with van der Waals surface area (Å²) < 4.78 is 6.47. The molecule has 0 saturated carbocycles. The average Bonchev–Trinajstić information content (AvgIpc) is 2.96. The van der Waals surface area contributed by atoms with E-state index in [0.717, 1.165) is 21.8 Å². The van der Waals surface area contributed by atoms with Crippen LogP contribution in [0, 0.1) is 13.8 Å². The third-order valence-corrected chi connectivity index (χ3v) is 4.53. The largest absolute Gasteiger partial charge is 0.468 e. The zero-order valence-corrected chi connectivity index (χ0v) is 14.1. The number of ether oxygens (including phenoxy) is 1. The Hall–Kier alpha value is -2.34. The van der Waals surface area contributed by atoms with E-state index in [0.29, 0.717) is 0 Å². The molecule has 0 amide bonds. The molecule has 3 rings (SSSR count). The first-order chi connectivity index (χ1) is 11.1. The van der Waals surface area contributed by atoms with Crippen LogP contribution in [0.5, 0.6) is 0 Å². The first kappa shape index (κ1) is 15.6. The molecule has 0 bridgehead atoms. The lowest BCUT2D eigenvalue weighted by atomic mass is 10.0. The van der Waals surface area contributed by atoms with Crippen LogP contribution in [0.2, 0.25) is 0 Å². The number of hydrogen-bond acceptors (Lipinski definition) is 5. The van der Waals surface area contributed by atoms with Crippen molar-refractivity contribution < 1.29 is 9.53 Å². The van der Waals surface area contributed by atoms with Crippen LogP contribution in [-0.2, 0) is 9.53 Å². The number of nitrogens with zero attached hydrogens (tertiary/aromatic N) is 3. The standard InChI is InChI=1S/C17H17N3O2S/c1-11-4-5-13(12(2)8-11)14-9-15-17(23-10-16(21)22-3)18-6-7-20(15)19-14/h4-9H,10H2,1-3H3. The number of aryl methyl sites for hydroxylation is 2. The van der Waals surface area contributed by atoms with E-state index >= 15 is 0 Å². The van der Waals surface area contributed by atoms with Crippen molar-refractivity contribution in [1.29, 1.82) is 0 Å². The highest BCUT2D eigenvalue weighted by molar-refractivity contribution is 8.00. The summed E-state index contributed by atoms with van der Waals surface area (Å²) in [5.74, 6) is -0.0410. The summed E-state index contributed by atoms with van der Waals surface area (Å²) in [4.78, 5) is 15.7. The van der Waals surface area contributed by atoms with Gasteiger partial charge in [-0.25, -0.2) is 9.50 Å². The Kier molecular flexibility index (Phi) is 4.34. The van der Waals surface area contributed by atoms with Crippen molar-refractivity contribution in [3.63, 3.8) is 0 Å². The summed E-state index contributed by atoms with van der Waals surface area (Å²) in [6.45, 7) is 4.16. The van der Waals surface area contributed by atoms with Crippen LogP contribution in [0.15, 0.2) is 41.7 Å². The second-order valence-electron chi connectivity index (χ2n) is 5.27. The SMILES string of the molecule is COC(=O)CSc1nccn2nc(-c3ccc(C)cc3C)cc12. The molecule has 0 aliphatic carbocycles. The summed E-state index contributed by atoms with van der Waals surface area (Å²) in [6, 6.07) is 8.31. The molecule has 0 unspecified atom stereocenters. The lowest BCUT2D eigenvalue weighted by molar-refractivity contribution is -0.137. The van der Waals surface area contributed by atoms with E-state index in [1.165, 1.54) is 30.0 Å². The fraction of sp³-hybridized carbons (Fsp3) is 0.235. The number of rotatable bonds is 4. The molecule has 0 fully saturated rings. The maximum absolute atomic E-state index is 11.3. The number of methoxy groups -OCH3 is 1. The minimum Gasteiger partial charge on any atom is -0.468 e. The van der Waals surface area contributed by atoms with Gasteiger partial charge >= 0.3 is 5.97 Å². The smallest absolute Gasteiger partial charge is 0.316 e. The molecule has 0 aliphatic heterocycles. The lowest BCUT2D eigenvalue weighted by Gasteiger charge is -2.02. The zero-order valence-electron chi connectivity index (χ0n) is 13.2. The molecule has 1 aromatic carbocycles. The van der Waals surface area contributed by atoms with Crippen LogP contribution < -0.4 is 0 Å². The van der Waals surface area contributed by atoms with E-state index in [1.54, 1.807) is 10.7 Å². The highest BCUT2D eigenvalue weighted by Gasteiger charge is 2.12. The molecule has 0 aliphatic rings. The van der Waals surface area contributed by atoms with Crippen LogP contribution in [0.1, 0.15) is 11.1 Å². The van der Waals surface area contributed by atoms with Crippen molar-refractivity contribution in [3.05, 3.63) is 47.8 Å². The van der Waals surface area contributed by atoms with Crippen LogP contribution in [0.4, 0.5) is 0 Å². The molecule has 3 aromatic rings. The van der Waals surface area contributed by atoms with E-state index in [1.807, 2.05) is 12.3 Å². The molecule has 0 radical (unpaired) electrons. The number of benzene rings is 1. The molecule has 23 heavy (non-hydrogen) atoms. The number of thioether (sulfide) groups is 1. The Bertz CT molecular complexity index is 873. The van der Waals surface area contributed by atoms with Gasteiger partial charge in [0.25, 0.3) is 0 Å². The molecule has 6 heteroatoms. The Balaban J connectivity index is 2.00. The van der Waals surface area contributed by atoms with Gasteiger partial charge in [-0.1, -0.05) is 35.5 Å². The van der Waals surface area contributed by atoms with Crippen molar-refractivity contribution in [1.82, 2.24) is 14.6 Å². The predicted octanol–water partition coefficient (Wildman–Crippen LogP) is 3.28. The maximum atomic E-state index is 11.3. The molecule has 118 valence electrons. The summed E-state index contributed by atoms with van der Waals surface area (Å²) >= 11 is 1.35. The first-order valence-electron chi connectivity index (χ1n) is 7.20. The predicted molar refractivity (Wildman–Crippen MR) is 90.6 cm³/mol. The first-order valence-corrected chi connectivity index (χ1v) is 8.18. The van der Waals surface area contributed by atoms with E-state index in [4.69, 9.17) is 0 Å². The van der Waals surface area contributed by atoms with Crippen LogP contribution >= 0.6 is 11.8 Å². The van der Waals surface area contributed by atoms with Crippen molar-refractivity contribution in [3.8, 4) is 11.3 Å². The van der Waals surface area contributed by atoms with Gasteiger partial charge in [0.15, 0.2) is 0 Å². The molecule has 0 N–H and O–H groups in total. The topological polar surface area (TPSA) is 56.5 Å². The second kappa shape index (κ2) is 6.42. The maximum Gasteiger partial charge on any atom is 0.316 e. The summed E-state index contributed by atoms with van der Waals surface area (Å²) in [5, 5.41) is 5.39. The number of aromatic nitrogens is 3. The van der Waals surface area contributed by atoms with Crippen LogP contribution in [-0.4, -0.2) is 33.4 Å². The highest BCUT2D eigenvalue weighted by atomic mass is 32.2. The molecule has 0 spiro atoms. The minimum atomic E-state index is -0.270. The van der Waals surface area contributed by atoms with Gasteiger partial charge < -0.3 is 4.74 Å². The molecule has 0 atom stereocenters. The third kappa shape index (κ3) is 3.22. The van der Waals surface area contributed by atoms with E-state index < -0.39 is 0 Å². The number of esters is 1. The fourth-order valence-corrected chi connectivity index (χ4v) is 3.24. The molecule has 2 aromatic heterocycles. The van der Waals surface area contributed by atoms with E-state index in [-0.39, 0.29) is 11.7 Å². The van der Waals surface area contributed by atoms with Crippen molar-refractivity contribution in [2.75, 3.05) is 12.9 Å². The fourth-order valence-electron chi connectivity index (χ4n) is 2.43. The Morgan fingerprint density at radius 1 is 1.30 bits per heavy atom. The Morgan fingerprint density at radius 2 is 2.13 bits per heavy atom. The summed E-state index contributed by atoms with van der Waals surface area (Å²) in [7, 11) is 1.38. The van der Waals surface area contributed by atoms with Crippen LogP contribution in [0.3, 0.4) is 0 Å². The van der Waals surface area contributed by atoms with Gasteiger partial charge in [0, 0.05) is 18.0 Å². The quantitative estimate of drug-likeness (QED) is 0.544. The van der Waals surface area contributed by atoms with Gasteiger partial charge in [0.1, 0.15) is 5.03 Å². The molecular formula is C17H17N3O2S. The zero-order chi connectivity index (χ0) is 16.4. The molecule has 0 saturated heterocycles. The van der Waals surface area contributed by atoms with Gasteiger partial charge in [-0.2, -0.15) is 5.10 Å². The Morgan fingerprint density at radius 3 is 2.87 bits per heavy atom. The van der Waals surface area contributed by atoms with Gasteiger partial charge in [-0.05, 0) is 25.5 Å². The minimum absolute atomic E-state index is 0.229. The van der Waals surface area contributed by atoms with Crippen molar-refractivity contribution >= 4 is 23.2 Å². The van der Waals surface area contributed by atoms with Gasteiger partial charge in [-0.3, -0.25) is 4.79 Å². The van der Waals surface area contributed by atoms with E-state index in [9.17, 15) is 4.79 Å². The number of carbonyl (C=O) groups excluding carboxylic acids is 1.